The van der Waals surface area contributed by atoms with E-state index in [2.05, 4.69) is 78.8 Å². The molecule has 0 aromatic carbocycles. The summed E-state index contributed by atoms with van der Waals surface area (Å²) in [5.74, 6) is 0. The van der Waals surface area contributed by atoms with Crippen LogP contribution in [0.25, 0.3) is 0 Å². The number of unbranched alkanes of at least 4 members (excludes halogenated alkanes) is 1. The molecule has 0 saturated carbocycles. The average Bonchev–Trinajstić information content (AvgIpc) is 3.34. The van der Waals surface area contributed by atoms with Gasteiger partial charge in [0.1, 0.15) is 6.29 Å². The van der Waals surface area contributed by atoms with E-state index in [0.29, 0.717) is 6.10 Å². The monoisotopic (exact) mass is 440 g/mol. The van der Waals surface area contributed by atoms with Gasteiger partial charge in [-0.15, -0.1) is 0 Å². The molecule has 0 radical (unpaired) electrons. The summed E-state index contributed by atoms with van der Waals surface area (Å²) in [5, 5.41) is 0. The van der Waals surface area contributed by atoms with Crippen LogP contribution in [0.4, 0.5) is 0 Å². The minimum atomic E-state index is 0.118. The first kappa shape index (κ1) is 28.4. The van der Waals surface area contributed by atoms with Crippen molar-refractivity contribution in [3.05, 3.63) is 58.2 Å². The maximum atomic E-state index is 11.2. The number of epoxide rings is 1. The zero-order valence-electron chi connectivity index (χ0n) is 21.9. The van der Waals surface area contributed by atoms with Gasteiger partial charge in [0.2, 0.25) is 0 Å². The van der Waals surface area contributed by atoms with E-state index in [4.69, 9.17) is 4.74 Å². The lowest BCUT2D eigenvalue weighted by Gasteiger charge is -2.03. The van der Waals surface area contributed by atoms with Gasteiger partial charge in [0.25, 0.3) is 0 Å². The minimum absolute atomic E-state index is 0.118. The summed E-state index contributed by atoms with van der Waals surface area (Å²) < 4.78 is 5.67. The van der Waals surface area contributed by atoms with Gasteiger partial charge in [0.05, 0.1) is 11.7 Å². The molecule has 0 aliphatic carbocycles. The largest absolute Gasteiger partial charge is 0.367 e. The molecule has 32 heavy (non-hydrogen) atoms. The van der Waals surface area contributed by atoms with Gasteiger partial charge in [-0.2, -0.15) is 0 Å². The molecule has 1 aliphatic heterocycles. The highest BCUT2D eigenvalue weighted by atomic mass is 16.6. The van der Waals surface area contributed by atoms with E-state index < -0.39 is 0 Å². The molecule has 2 nitrogen and oxygen atoms in total. The van der Waals surface area contributed by atoms with Crippen molar-refractivity contribution in [3.63, 3.8) is 0 Å². The molecule has 1 unspecified atom stereocenters. The average molecular weight is 441 g/mol. The third kappa shape index (κ3) is 13.7. The molecule has 0 aromatic heterocycles. The summed E-state index contributed by atoms with van der Waals surface area (Å²) in [6, 6.07) is 0. The number of carbonyl (C=O) groups is 1. The number of aldehydes is 1. The Balaban J connectivity index is 2.21. The Morgan fingerprint density at radius 2 is 1.16 bits per heavy atom. The SMILES string of the molecule is CC(C)=CCC/C(C=O)=C\CC/C(C)=C/CC/C=C(\C)CC/C=C(\C)CCC1OC1(C)C. The zero-order valence-corrected chi connectivity index (χ0v) is 21.9. The molecule has 0 amide bonds. The molecule has 1 saturated heterocycles. The number of carbonyl (C=O) groups excluding carboxylic acids is 1. The fraction of sp³-hybridized carbons (Fsp3) is 0.633. The Hall–Kier alpha value is -1.67. The van der Waals surface area contributed by atoms with Crippen molar-refractivity contribution < 1.29 is 9.53 Å². The highest BCUT2D eigenvalue weighted by Gasteiger charge is 2.46. The maximum absolute atomic E-state index is 11.2. The maximum Gasteiger partial charge on any atom is 0.145 e. The van der Waals surface area contributed by atoms with E-state index in [1.54, 1.807) is 0 Å². The Bertz CT molecular complexity index is 724. The first-order chi connectivity index (χ1) is 15.1. The number of hydrogen-bond acceptors (Lipinski definition) is 2. The molecule has 180 valence electrons. The second-order valence-electron chi connectivity index (χ2n) is 10.3. The van der Waals surface area contributed by atoms with Crippen LogP contribution < -0.4 is 0 Å². The molecule has 1 atom stereocenters. The molecule has 1 rings (SSSR count). The molecule has 1 aliphatic rings. The van der Waals surface area contributed by atoms with Gasteiger partial charge in [0.15, 0.2) is 0 Å². The van der Waals surface area contributed by atoms with Gasteiger partial charge < -0.3 is 4.74 Å². The van der Waals surface area contributed by atoms with E-state index in [1.165, 1.54) is 22.3 Å². The fourth-order valence-electron chi connectivity index (χ4n) is 3.83. The number of ether oxygens (including phenoxy) is 1. The number of rotatable bonds is 16. The van der Waals surface area contributed by atoms with E-state index >= 15 is 0 Å². The van der Waals surface area contributed by atoms with Crippen LogP contribution in [0.15, 0.2) is 58.2 Å². The summed E-state index contributed by atoms with van der Waals surface area (Å²) >= 11 is 0. The van der Waals surface area contributed by atoms with Crippen LogP contribution in [-0.2, 0) is 9.53 Å². The second kappa shape index (κ2) is 15.2. The molecule has 0 N–H and O–H groups in total. The van der Waals surface area contributed by atoms with E-state index in [9.17, 15) is 4.79 Å². The van der Waals surface area contributed by atoms with Gasteiger partial charge in [-0.3, -0.25) is 4.79 Å². The van der Waals surface area contributed by atoms with Gasteiger partial charge in [-0.25, -0.2) is 0 Å². The predicted molar refractivity (Wildman–Crippen MR) is 140 cm³/mol. The summed E-state index contributed by atoms with van der Waals surface area (Å²) in [4.78, 5) is 11.2. The fourth-order valence-corrected chi connectivity index (χ4v) is 3.83. The lowest BCUT2D eigenvalue weighted by molar-refractivity contribution is -0.105. The zero-order chi connectivity index (χ0) is 24.0. The lowest BCUT2D eigenvalue weighted by atomic mass is 10.0. The molecule has 1 heterocycles. The van der Waals surface area contributed by atoms with E-state index in [0.717, 1.165) is 76.1 Å². The Kier molecular flexibility index (Phi) is 13.5. The summed E-state index contributed by atoms with van der Waals surface area (Å²) in [6.07, 6.45) is 23.5. The second-order valence-corrected chi connectivity index (χ2v) is 10.3. The highest BCUT2D eigenvalue weighted by molar-refractivity contribution is 5.73. The van der Waals surface area contributed by atoms with Crippen LogP contribution in [0.2, 0.25) is 0 Å². The van der Waals surface area contributed by atoms with Gasteiger partial charge >= 0.3 is 0 Å². The molecular formula is C30H48O2. The third-order valence-electron chi connectivity index (χ3n) is 6.23. The molecule has 1 fully saturated rings. The smallest absolute Gasteiger partial charge is 0.145 e. The molecule has 0 bridgehead atoms. The van der Waals surface area contributed by atoms with Crippen molar-refractivity contribution in [1.29, 1.82) is 0 Å². The van der Waals surface area contributed by atoms with E-state index in [1.807, 2.05) is 0 Å². The van der Waals surface area contributed by atoms with Gasteiger partial charge in [-0.05, 0) is 118 Å². The van der Waals surface area contributed by atoms with Crippen LogP contribution in [-0.4, -0.2) is 18.0 Å². The van der Waals surface area contributed by atoms with Crippen LogP contribution in [0.3, 0.4) is 0 Å². The predicted octanol–water partition coefficient (Wildman–Crippen LogP) is 9.00. The molecule has 0 aromatic rings. The van der Waals surface area contributed by atoms with Gasteiger partial charge in [-0.1, -0.05) is 52.7 Å². The summed E-state index contributed by atoms with van der Waals surface area (Å²) in [7, 11) is 0. The molecular weight excluding hydrogens is 392 g/mol. The number of allylic oxidation sites excluding steroid dienone is 10. The van der Waals surface area contributed by atoms with E-state index in [-0.39, 0.29) is 5.60 Å². The van der Waals surface area contributed by atoms with Crippen LogP contribution in [0.5, 0.6) is 0 Å². The van der Waals surface area contributed by atoms with Gasteiger partial charge in [0, 0.05) is 0 Å². The Labute approximate surface area is 198 Å². The van der Waals surface area contributed by atoms with Crippen molar-refractivity contribution in [2.24, 2.45) is 0 Å². The summed E-state index contributed by atoms with van der Waals surface area (Å²) in [5.41, 5.74) is 6.76. The van der Waals surface area contributed by atoms with Crippen molar-refractivity contribution in [2.75, 3.05) is 0 Å². The van der Waals surface area contributed by atoms with Crippen molar-refractivity contribution >= 4 is 6.29 Å². The Morgan fingerprint density at radius 1 is 0.688 bits per heavy atom. The van der Waals surface area contributed by atoms with Crippen LogP contribution >= 0.6 is 0 Å². The minimum Gasteiger partial charge on any atom is -0.367 e. The van der Waals surface area contributed by atoms with Crippen molar-refractivity contribution in [1.82, 2.24) is 0 Å². The van der Waals surface area contributed by atoms with Crippen molar-refractivity contribution in [2.45, 2.75) is 124 Å². The standard InChI is InChI=1S/C30H48O2/c1-24(2)13-10-19-28(23-31)20-12-18-26(4)15-9-8-14-25(3)16-11-17-27(5)21-22-29-30(6,7)32-29/h13-15,17,20,23,29H,8-12,16,18-19,21-22H2,1-7H3/b25-14+,26-15+,27-17+,28-20+. The topological polar surface area (TPSA) is 29.6 Å². The van der Waals surface area contributed by atoms with Crippen LogP contribution in [0, 0.1) is 0 Å². The first-order valence-electron chi connectivity index (χ1n) is 12.6. The Morgan fingerprint density at radius 3 is 1.66 bits per heavy atom. The molecule has 2 heteroatoms. The highest BCUT2D eigenvalue weighted by Crippen LogP contribution is 2.38. The lowest BCUT2D eigenvalue weighted by Crippen LogP contribution is -2.02. The summed E-state index contributed by atoms with van der Waals surface area (Å²) in [6.45, 7) is 15.3. The normalized spacial score (nSPS) is 19.2. The number of hydrogen-bond donors (Lipinski definition) is 0. The first-order valence-corrected chi connectivity index (χ1v) is 12.6. The van der Waals surface area contributed by atoms with Crippen molar-refractivity contribution in [3.8, 4) is 0 Å². The van der Waals surface area contributed by atoms with Crippen LogP contribution in [0.1, 0.15) is 113 Å². The molecule has 0 spiro atoms. The quantitative estimate of drug-likeness (QED) is 0.0787. The third-order valence-corrected chi connectivity index (χ3v) is 6.23.